The summed E-state index contributed by atoms with van der Waals surface area (Å²) in [5, 5.41) is 0. The molecule has 0 aliphatic rings. The van der Waals surface area contributed by atoms with E-state index in [1.165, 1.54) is 0 Å². The minimum atomic E-state index is -0.00878. The fraction of sp³-hybridized carbons (Fsp3) is 0.400. The van der Waals surface area contributed by atoms with Crippen LogP contribution in [-0.2, 0) is 0 Å². The van der Waals surface area contributed by atoms with Crippen molar-refractivity contribution in [2.75, 3.05) is 19.0 Å². The Balaban J connectivity index is 2.43. The predicted octanol–water partition coefficient (Wildman–Crippen LogP) is 2.59. The first-order valence-electron chi connectivity index (χ1n) is 6.56. The summed E-state index contributed by atoms with van der Waals surface area (Å²) in [6, 6.07) is 8.34. The lowest BCUT2D eigenvalue weighted by Crippen LogP contribution is -2.20. The molecule has 2 rings (SSSR count). The van der Waals surface area contributed by atoms with Crippen molar-refractivity contribution in [2.24, 2.45) is 11.7 Å². The van der Waals surface area contributed by atoms with E-state index in [2.05, 4.69) is 52.6 Å². The zero-order valence-corrected chi connectivity index (χ0v) is 12.0. The number of hydrogen-bond donors (Lipinski definition) is 1. The Labute approximate surface area is 114 Å². The van der Waals surface area contributed by atoms with Crippen LogP contribution in [0.2, 0.25) is 0 Å². The summed E-state index contributed by atoms with van der Waals surface area (Å²) >= 11 is 0. The van der Waals surface area contributed by atoms with E-state index in [1.807, 2.05) is 26.6 Å². The lowest BCUT2D eigenvalue weighted by atomic mass is 10.0. The number of nitrogens with zero attached hydrogens (tertiary/aromatic N) is 3. The van der Waals surface area contributed by atoms with E-state index in [0.29, 0.717) is 5.92 Å². The third-order valence-electron chi connectivity index (χ3n) is 3.35. The smallest absolute Gasteiger partial charge is 0.0994 e. The number of aromatic nitrogens is 2. The summed E-state index contributed by atoms with van der Waals surface area (Å²) in [6.07, 6.45) is 3.68. The average Bonchev–Trinajstić information content (AvgIpc) is 2.86. The van der Waals surface area contributed by atoms with Crippen LogP contribution in [0, 0.1) is 5.92 Å². The molecule has 1 aromatic carbocycles. The molecule has 19 heavy (non-hydrogen) atoms. The van der Waals surface area contributed by atoms with E-state index in [0.717, 1.165) is 17.1 Å². The quantitative estimate of drug-likeness (QED) is 0.917. The molecule has 1 heterocycles. The number of hydrogen-bond acceptors (Lipinski definition) is 3. The maximum atomic E-state index is 6.25. The minimum absolute atomic E-state index is 0.00878. The second-order valence-electron chi connectivity index (χ2n) is 5.37. The van der Waals surface area contributed by atoms with Crippen molar-refractivity contribution in [3.05, 3.63) is 42.5 Å². The highest BCUT2D eigenvalue weighted by Crippen LogP contribution is 2.23. The summed E-state index contributed by atoms with van der Waals surface area (Å²) in [5.74, 6) is 0.382. The van der Waals surface area contributed by atoms with E-state index < -0.39 is 0 Å². The van der Waals surface area contributed by atoms with Crippen molar-refractivity contribution < 1.29 is 0 Å². The average molecular weight is 258 g/mol. The molecule has 1 unspecified atom stereocenters. The van der Waals surface area contributed by atoms with Crippen LogP contribution >= 0.6 is 0 Å². The van der Waals surface area contributed by atoms with Crippen LogP contribution in [0.25, 0.3) is 5.69 Å². The number of imidazole rings is 1. The molecule has 0 fully saturated rings. The molecule has 0 radical (unpaired) electrons. The van der Waals surface area contributed by atoms with Gasteiger partial charge in [-0.1, -0.05) is 19.9 Å². The van der Waals surface area contributed by atoms with Crippen LogP contribution in [0.15, 0.2) is 36.8 Å². The Morgan fingerprint density at radius 2 is 2.00 bits per heavy atom. The van der Waals surface area contributed by atoms with Crippen molar-refractivity contribution >= 4 is 5.69 Å². The second kappa shape index (κ2) is 5.45. The molecule has 4 nitrogen and oxygen atoms in total. The van der Waals surface area contributed by atoms with E-state index in [4.69, 9.17) is 5.73 Å². The maximum absolute atomic E-state index is 6.25. The predicted molar refractivity (Wildman–Crippen MR) is 79.7 cm³/mol. The first-order chi connectivity index (χ1) is 9.00. The molecule has 2 aromatic rings. The Morgan fingerprint density at radius 3 is 2.63 bits per heavy atom. The van der Waals surface area contributed by atoms with Crippen molar-refractivity contribution in [2.45, 2.75) is 19.9 Å². The van der Waals surface area contributed by atoms with Gasteiger partial charge in [0.15, 0.2) is 0 Å². The van der Waals surface area contributed by atoms with Crippen LogP contribution in [0.3, 0.4) is 0 Å². The highest BCUT2D eigenvalue weighted by Gasteiger charge is 2.16. The van der Waals surface area contributed by atoms with Crippen LogP contribution in [0.5, 0.6) is 0 Å². The van der Waals surface area contributed by atoms with Gasteiger partial charge in [0.25, 0.3) is 0 Å². The zero-order valence-electron chi connectivity index (χ0n) is 12.0. The van der Waals surface area contributed by atoms with Gasteiger partial charge >= 0.3 is 0 Å². The first kappa shape index (κ1) is 13.6. The summed E-state index contributed by atoms with van der Waals surface area (Å²) in [5.41, 5.74) is 9.55. The molecule has 102 valence electrons. The van der Waals surface area contributed by atoms with E-state index in [1.54, 1.807) is 0 Å². The van der Waals surface area contributed by atoms with Gasteiger partial charge in [-0.3, -0.25) is 0 Å². The summed E-state index contributed by atoms with van der Waals surface area (Å²) < 4.78 is 2.07. The van der Waals surface area contributed by atoms with Crippen LogP contribution in [-0.4, -0.2) is 23.6 Å². The van der Waals surface area contributed by atoms with Crippen molar-refractivity contribution in [3.63, 3.8) is 0 Å². The fourth-order valence-corrected chi connectivity index (χ4v) is 2.03. The molecule has 2 N–H and O–H groups in total. The van der Waals surface area contributed by atoms with Crippen LogP contribution in [0.4, 0.5) is 5.69 Å². The SMILES string of the molecule is CC(C)C(N)c1cncn1-c1cccc(N(C)C)c1. The highest BCUT2D eigenvalue weighted by atomic mass is 15.1. The molecular formula is C15H22N4. The van der Waals surface area contributed by atoms with Gasteiger partial charge in [-0.25, -0.2) is 4.98 Å². The Kier molecular flexibility index (Phi) is 3.90. The highest BCUT2D eigenvalue weighted by molar-refractivity contribution is 5.52. The van der Waals surface area contributed by atoms with Gasteiger partial charge < -0.3 is 15.2 Å². The van der Waals surface area contributed by atoms with Crippen molar-refractivity contribution in [1.82, 2.24) is 9.55 Å². The van der Waals surface area contributed by atoms with E-state index >= 15 is 0 Å². The van der Waals surface area contributed by atoms with Gasteiger partial charge in [0.05, 0.1) is 18.2 Å². The van der Waals surface area contributed by atoms with Crippen LogP contribution < -0.4 is 10.6 Å². The van der Waals surface area contributed by atoms with Crippen LogP contribution in [0.1, 0.15) is 25.6 Å². The Hall–Kier alpha value is -1.81. The third kappa shape index (κ3) is 2.79. The topological polar surface area (TPSA) is 47.1 Å². The lowest BCUT2D eigenvalue weighted by molar-refractivity contribution is 0.497. The number of anilines is 1. The monoisotopic (exact) mass is 258 g/mol. The minimum Gasteiger partial charge on any atom is -0.378 e. The molecule has 1 aromatic heterocycles. The Morgan fingerprint density at radius 1 is 1.26 bits per heavy atom. The van der Waals surface area contributed by atoms with Gasteiger partial charge in [0.1, 0.15) is 0 Å². The molecule has 0 amide bonds. The molecule has 0 spiro atoms. The van der Waals surface area contributed by atoms with E-state index in [9.17, 15) is 0 Å². The summed E-state index contributed by atoms with van der Waals surface area (Å²) in [7, 11) is 4.07. The van der Waals surface area contributed by atoms with Gasteiger partial charge in [0.2, 0.25) is 0 Å². The number of benzene rings is 1. The largest absolute Gasteiger partial charge is 0.378 e. The molecule has 0 aliphatic heterocycles. The fourth-order valence-electron chi connectivity index (χ4n) is 2.03. The van der Waals surface area contributed by atoms with Gasteiger partial charge in [-0.15, -0.1) is 0 Å². The third-order valence-corrected chi connectivity index (χ3v) is 3.35. The van der Waals surface area contributed by atoms with Gasteiger partial charge in [0, 0.05) is 31.5 Å². The molecular weight excluding hydrogens is 236 g/mol. The number of nitrogens with two attached hydrogens (primary N) is 1. The van der Waals surface area contributed by atoms with Crippen molar-refractivity contribution in [3.8, 4) is 5.69 Å². The normalized spacial score (nSPS) is 12.7. The molecule has 1 atom stereocenters. The molecule has 4 heteroatoms. The summed E-state index contributed by atoms with van der Waals surface area (Å²) in [6.45, 7) is 4.25. The first-order valence-corrected chi connectivity index (χ1v) is 6.56. The summed E-state index contributed by atoms with van der Waals surface area (Å²) in [4.78, 5) is 6.33. The standard InChI is InChI=1S/C15H22N4/c1-11(2)15(16)14-9-17-10-19(14)13-7-5-6-12(8-13)18(3)4/h5-11,15H,16H2,1-4H3. The van der Waals surface area contributed by atoms with Gasteiger partial charge in [-0.2, -0.15) is 0 Å². The molecule has 0 saturated heterocycles. The Bertz CT molecular complexity index is 543. The maximum Gasteiger partial charge on any atom is 0.0994 e. The second-order valence-corrected chi connectivity index (χ2v) is 5.37. The molecule has 0 aliphatic carbocycles. The van der Waals surface area contributed by atoms with Crippen molar-refractivity contribution in [1.29, 1.82) is 0 Å². The number of rotatable bonds is 4. The van der Waals surface area contributed by atoms with E-state index in [-0.39, 0.29) is 6.04 Å². The molecule has 0 saturated carbocycles. The molecule has 0 bridgehead atoms. The zero-order chi connectivity index (χ0) is 14.0. The van der Waals surface area contributed by atoms with Gasteiger partial charge in [-0.05, 0) is 24.1 Å². The lowest BCUT2D eigenvalue weighted by Gasteiger charge is -2.19.